The molecule has 0 heterocycles. The Bertz CT molecular complexity index is 569. The molecular formula is C15H22O6S. The molecule has 1 aromatic carbocycles. The molecule has 22 heavy (non-hydrogen) atoms. The zero-order valence-corrected chi connectivity index (χ0v) is 14.0. The molecule has 0 N–H and O–H groups in total. The second-order valence-corrected chi connectivity index (χ2v) is 7.01. The van der Waals surface area contributed by atoms with Crippen molar-refractivity contribution in [1.29, 1.82) is 0 Å². The standard InChI is InChI=1S/C15H22O6S/c1-11(12(2)21-10-19-3)14(15(16)20-4)22(17,18)13-8-6-5-7-9-13/h5-9,11-12,14H,10H2,1-4H3/t11-,12+,14?/m0/s1. The summed E-state index contributed by atoms with van der Waals surface area (Å²) in [7, 11) is -1.24. The molecule has 3 atom stereocenters. The summed E-state index contributed by atoms with van der Waals surface area (Å²) in [5, 5.41) is -1.34. The summed E-state index contributed by atoms with van der Waals surface area (Å²) in [5.41, 5.74) is 0. The average molecular weight is 330 g/mol. The first-order chi connectivity index (χ1) is 10.4. The lowest BCUT2D eigenvalue weighted by atomic mass is 10.0. The molecule has 0 fully saturated rings. The van der Waals surface area contributed by atoms with Crippen molar-refractivity contribution in [3.05, 3.63) is 30.3 Å². The number of methoxy groups -OCH3 is 2. The van der Waals surface area contributed by atoms with Crippen LogP contribution in [0.25, 0.3) is 0 Å². The Labute approximate surface area is 131 Å². The van der Waals surface area contributed by atoms with Crippen LogP contribution in [0.5, 0.6) is 0 Å². The lowest BCUT2D eigenvalue weighted by Gasteiger charge is -2.26. The van der Waals surface area contributed by atoms with Gasteiger partial charge in [0.2, 0.25) is 0 Å². The number of carbonyl (C=O) groups is 1. The summed E-state index contributed by atoms with van der Waals surface area (Å²) in [6.45, 7) is 3.35. The van der Waals surface area contributed by atoms with E-state index in [1.54, 1.807) is 32.0 Å². The van der Waals surface area contributed by atoms with E-state index in [1.807, 2.05) is 0 Å². The van der Waals surface area contributed by atoms with Crippen molar-refractivity contribution in [2.45, 2.75) is 30.1 Å². The van der Waals surface area contributed by atoms with E-state index < -0.39 is 33.1 Å². The summed E-state index contributed by atoms with van der Waals surface area (Å²) >= 11 is 0. The van der Waals surface area contributed by atoms with Crippen LogP contribution in [-0.2, 0) is 28.8 Å². The van der Waals surface area contributed by atoms with Crippen molar-refractivity contribution in [2.24, 2.45) is 5.92 Å². The maximum Gasteiger partial charge on any atom is 0.324 e. The SMILES string of the molecule is COCO[C@H](C)[C@H](C)C(C(=O)OC)S(=O)(=O)c1ccccc1. The van der Waals surface area contributed by atoms with Crippen molar-refractivity contribution in [3.8, 4) is 0 Å². The summed E-state index contributed by atoms with van der Waals surface area (Å²) in [5.74, 6) is -1.41. The Balaban J connectivity index is 3.16. The van der Waals surface area contributed by atoms with Crippen LogP contribution in [0.2, 0.25) is 0 Å². The molecule has 1 aromatic rings. The van der Waals surface area contributed by atoms with E-state index in [0.717, 1.165) is 0 Å². The Morgan fingerprint density at radius 3 is 2.23 bits per heavy atom. The van der Waals surface area contributed by atoms with Crippen molar-refractivity contribution in [3.63, 3.8) is 0 Å². The second-order valence-electron chi connectivity index (χ2n) is 4.94. The van der Waals surface area contributed by atoms with Gasteiger partial charge in [0.05, 0.1) is 18.1 Å². The van der Waals surface area contributed by atoms with Gasteiger partial charge in [-0.15, -0.1) is 0 Å². The maximum atomic E-state index is 12.8. The molecule has 0 saturated heterocycles. The molecule has 0 aliphatic rings. The molecule has 0 amide bonds. The van der Waals surface area contributed by atoms with Gasteiger partial charge in [-0.1, -0.05) is 25.1 Å². The van der Waals surface area contributed by atoms with Gasteiger partial charge in [0.1, 0.15) is 6.79 Å². The van der Waals surface area contributed by atoms with Crippen LogP contribution < -0.4 is 0 Å². The van der Waals surface area contributed by atoms with Crippen LogP contribution >= 0.6 is 0 Å². The van der Waals surface area contributed by atoms with Crippen LogP contribution in [0.4, 0.5) is 0 Å². The number of sulfone groups is 1. The molecule has 1 rings (SSSR count). The molecule has 0 aromatic heterocycles. The smallest absolute Gasteiger partial charge is 0.324 e. The van der Waals surface area contributed by atoms with E-state index >= 15 is 0 Å². The van der Waals surface area contributed by atoms with Gasteiger partial charge in [0, 0.05) is 13.0 Å². The van der Waals surface area contributed by atoms with Gasteiger partial charge < -0.3 is 14.2 Å². The number of hydrogen-bond donors (Lipinski definition) is 0. The number of benzene rings is 1. The lowest BCUT2D eigenvalue weighted by molar-refractivity contribution is -0.143. The molecule has 0 aliphatic heterocycles. The van der Waals surface area contributed by atoms with Gasteiger partial charge in [-0.05, 0) is 19.1 Å². The Kier molecular flexibility index (Phi) is 6.99. The van der Waals surface area contributed by atoms with Crippen LogP contribution in [0.1, 0.15) is 13.8 Å². The molecule has 7 heteroatoms. The van der Waals surface area contributed by atoms with Gasteiger partial charge in [-0.2, -0.15) is 0 Å². The predicted molar refractivity (Wildman–Crippen MR) is 81.0 cm³/mol. The van der Waals surface area contributed by atoms with Gasteiger partial charge >= 0.3 is 5.97 Å². The normalized spacial score (nSPS) is 15.8. The fraction of sp³-hybridized carbons (Fsp3) is 0.533. The Morgan fingerprint density at radius 1 is 1.14 bits per heavy atom. The predicted octanol–water partition coefficient (Wildman–Crippen LogP) is 1.65. The molecule has 0 radical (unpaired) electrons. The molecule has 0 spiro atoms. The van der Waals surface area contributed by atoms with E-state index in [9.17, 15) is 13.2 Å². The van der Waals surface area contributed by atoms with E-state index in [2.05, 4.69) is 0 Å². The van der Waals surface area contributed by atoms with E-state index in [0.29, 0.717) is 0 Å². The number of rotatable bonds is 8. The maximum absolute atomic E-state index is 12.8. The monoisotopic (exact) mass is 330 g/mol. The number of carbonyl (C=O) groups excluding carboxylic acids is 1. The van der Waals surface area contributed by atoms with Gasteiger partial charge in [-0.3, -0.25) is 4.79 Å². The highest BCUT2D eigenvalue weighted by Gasteiger charge is 2.41. The van der Waals surface area contributed by atoms with E-state index in [-0.39, 0.29) is 11.7 Å². The van der Waals surface area contributed by atoms with Crippen molar-refractivity contribution < 1.29 is 27.4 Å². The van der Waals surface area contributed by atoms with Gasteiger partial charge in [-0.25, -0.2) is 8.42 Å². The molecule has 0 bridgehead atoms. The fourth-order valence-electron chi connectivity index (χ4n) is 2.07. The molecule has 0 saturated carbocycles. The van der Waals surface area contributed by atoms with Crippen molar-refractivity contribution in [1.82, 2.24) is 0 Å². The number of ether oxygens (including phenoxy) is 3. The summed E-state index contributed by atoms with van der Waals surface area (Å²) in [6.07, 6.45) is -0.498. The van der Waals surface area contributed by atoms with Crippen LogP contribution in [0.3, 0.4) is 0 Å². The highest BCUT2D eigenvalue weighted by atomic mass is 32.2. The molecule has 0 aliphatic carbocycles. The average Bonchev–Trinajstić information content (AvgIpc) is 2.52. The topological polar surface area (TPSA) is 78.9 Å². The molecule has 124 valence electrons. The van der Waals surface area contributed by atoms with Crippen LogP contribution in [-0.4, -0.2) is 46.8 Å². The fourth-order valence-corrected chi connectivity index (χ4v) is 4.04. The third kappa shape index (κ3) is 4.28. The minimum atomic E-state index is -3.88. The van der Waals surface area contributed by atoms with Crippen molar-refractivity contribution >= 4 is 15.8 Å². The summed E-state index contributed by atoms with van der Waals surface area (Å²) < 4.78 is 40.4. The second kappa shape index (κ2) is 8.26. The minimum Gasteiger partial charge on any atom is -0.468 e. The van der Waals surface area contributed by atoms with Gasteiger partial charge in [0.15, 0.2) is 15.1 Å². The quantitative estimate of drug-likeness (QED) is 0.533. The number of esters is 1. The Morgan fingerprint density at radius 2 is 1.73 bits per heavy atom. The van der Waals surface area contributed by atoms with E-state index in [1.165, 1.54) is 26.4 Å². The molecular weight excluding hydrogens is 308 g/mol. The lowest BCUT2D eigenvalue weighted by Crippen LogP contribution is -2.42. The number of hydrogen-bond acceptors (Lipinski definition) is 6. The van der Waals surface area contributed by atoms with Crippen LogP contribution in [0, 0.1) is 5.92 Å². The first-order valence-corrected chi connectivity index (χ1v) is 8.38. The molecule has 1 unspecified atom stereocenters. The highest BCUT2D eigenvalue weighted by Crippen LogP contribution is 2.26. The zero-order chi connectivity index (χ0) is 16.8. The third-order valence-corrected chi connectivity index (χ3v) is 5.73. The van der Waals surface area contributed by atoms with Gasteiger partial charge in [0.25, 0.3) is 0 Å². The minimum absolute atomic E-state index is 0.0186. The first kappa shape index (κ1) is 18.6. The van der Waals surface area contributed by atoms with E-state index in [4.69, 9.17) is 14.2 Å². The zero-order valence-electron chi connectivity index (χ0n) is 13.2. The summed E-state index contributed by atoms with van der Waals surface area (Å²) in [6, 6.07) is 7.84. The van der Waals surface area contributed by atoms with Crippen molar-refractivity contribution in [2.75, 3.05) is 21.0 Å². The largest absolute Gasteiger partial charge is 0.468 e. The molecule has 6 nitrogen and oxygen atoms in total. The Hall–Kier alpha value is -1.44. The first-order valence-electron chi connectivity index (χ1n) is 6.83. The van der Waals surface area contributed by atoms with Crippen LogP contribution in [0.15, 0.2) is 35.2 Å². The highest BCUT2D eigenvalue weighted by molar-refractivity contribution is 7.92. The summed E-state index contributed by atoms with van der Waals surface area (Å²) in [4.78, 5) is 12.1. The third-order valence-electron chi connectivity index (χ3n) is 3.51.